The lowest BCUT2D eigenvalue weighted by Crippen LogP contribution is -2.46. The highest BCUT2D eigenvalue weighted by atomic mass is 32.1. The second-order valence-electron chi connectivity index (χ2n) is 10.7. The Morgan fingerprint density at radius 1 is 1.21 bits per heavy atom. The first-order valence-electron chi connectivity index (χ1n) is 12.5. The van der Waals surface area contributed by atoms with Gasteiger partial charge in [-0.3, -0.25) is 4.79 Å². The van der Waals surface area contributed by atoms with Crippen LogP contribution in [0.15, 0.2) is 36.7 Å². The van der Waals surface area contributed by atoms with Crippen LogP contribution in [0, 0.1) is 11.8 Å². The summed E-state index contributed by atoms with van der Waals surface area (Å²) in [6.45, 7) is 7.10. The molecule has 10 heteroatoms. The number of alkyl halides is 4. The van der Waals surface area contributed by atoms with E-state index in [1.807, 2.05) is 43.5 Å². The number of nitrogens with one attached hydrogen (secondary N) is 2. The highest BCUT2D eigenvalue weighted by molar-refractivity contribution is 7.20. The zero-order chi connectivity index (χ0) is 27.7. The lowest BCUT2D eigenvalue weighted by molar-refractivity contribution is -0.126. The minimum absolute atomic E-state index is 0.0105. The zero-order valence-corrected chi connectivity index (χ0v) is 22.7. The van der Waals surface area contributed by atoms with E-state index in [-0.39, 0.29) is 23.6 Å². The van der Waals surface area contributed by atoms with Gasteiger partial charge in [-0.2, -0.15) is 13.2 Å². The predicted molar refractivity (Wildman–Crippen MR) is 145 cm³/mol. The molecule has 0 bridgehead atoms. The van der Waals surface area contributed by atoms with Gasteiger partial charge in [0.25, 0.3) is 5.91 Å². The SMILES string of the molecule is CN1CCC(Nc2cccc3c(CC(F)(F)F)c(C#CCNC(=O)c4ccn(C(C)(C)C)c4)sc23)C(F)C1. The van der Waals surface area contributed by atoms with Crippen molar-refractivity contribution in [2.75, 3.05) is 32.0 Å². The molecule has 0 radical (unpaired) electrons. The predicted octanol–water partition coefficient (Wildman–Crippen LogP) is 5.80. The number of hydrogen-bond donors (Lipinski definition) is 2. The maximum Gasteiger partial charge on any atom is 0.393 e. The van der Waals surface area contributed by atoms with Crippen molar-refractivity contribution in [2.24, 2.45) is 0 Å². The first-order valence-corrected chi connectivity index (χ1v) is 13.3. The molecule has 0 saturated carbocycles. The molecule has 2 aromatic heterocycles. The Kier molecular flexibility index (Phi) is 8.09. The van der Waals surface area contributed by atoms with Crippen LogP contribution < -0.4 is 10.6 Å². The van der Waals surface area contributed by atoms with Crippen molar-refractivity contribution in [1.82, 2.24) is 14.8 Å². The smallest absolute Gasteiger partial charge is 0.378 e. The van der Waals surface area contributed by atoms with E-state index >= 15 is 0 Å². The van der Waals surface area contributed by atoms with E-state index in [4.69, 9.17) is 0 Å². The Morgan fingerprint density at radius 2 is 1.97 bits per heavy atom. The largest absolute Gasteiger partial charge is 0.393 e. The van der Waals surface area contributed by atoms with Crippen LogP contribution in [0.3, 0.4) is 0 Å². The van der Waals surface area contributed by atoms with Crippen LogP contribution in [0.2, 0.25) is 0 Å². The Morgan fingerprint density at radius 3 is 2.63 bits per heavy atom. The van der Waals surface area contributed by atoms with Gasteiger partial charge in [0.15, 0.2) is 0 Å². The summed E-state index contributed by atoms with van der Waals surface area (Å²) in [5.41, 5.74) is 1.03. The van der Waals surface area contributed by atoms with E-state index in [0.717, 1.165) is 17.9 Å². The number of nitrogens with zero attached hydrogens (tertiary/aromatic N) is 2. The maximum absolute atomic E-state index is 14.6. The molecule has 38 heavy (non-hydrogen) atoms. The van der Waals surface area contributed by atoms with Gasteiger partial charge in [-0.05, 0) is 57.3 Å². The fraction of sp³-hybridized carbons (Fsp3) is 0.464. The first kappa shape index (κ1) is 28.0. The van der Waals surface area contributed by atoms with Gasteiger partial charge in [-0.1, -0.05) is 24.0 Å². The van der Waals surface area contributed by atoms with Crippen molar-refractivity contribution in [1.29, 1.82) is 0 Å². The van der Waals surface area contributed by atoms with Gasteiger partial charge in [-0.25, -0.2) is 4.39 Å². The number of likely N-dealkylation sites (tertiary alicyclic amines) is 1. The Balaban J connectivity index is 1.55. The molecule has 1 fully saturated rings. The van der Waals surface area contributed by atoms with Gasteiger partial charge < -0.3 is 20.1 Å². The summed E-state index contributed by atoms with van der Waals surface area (Å²) < 4.78 is 57.6. The molecule has 2 atom stereocenters. The number of rotatable bonds is 5. The van der Waals surface area contributed by atoms with Crippen LogP contribution in [0.4, 0.5) is 23.2 Å². The summed E-state index contributed by atoms with van der Waals surface area (Å²) >= 11 is 1.16. The third kappa shape index (κ3) is 6.69. The second kappa shape index (κ2) is 11.0. The van der Waals surface area contributed by atoms with E-state index < -0.39 is 24.8 Å². The molecule has 1 aliphatic rings. The zero-order valence-electron chi connectivity index (χ0n) is 21.9. The van der Waals surface area contributed by atoms with Gasteiger partial charge in [0.05, 0.1) is 39.8 Å². The molecule has 1 aliphatic heterocycles. The van der Waals surface area contributed by atoms with Crippen LogP contribution in [-0.4, -0.2) is 60.4 Å². The quantitative estimate of drug-likeness (QED) is 0.313. The molecule has 204 valence electrons. The minimum atomic E-state index is -4.42. The number of piperidine rings is 1. The molecule has 2 N–H and O–H groups in total. The molecule has 1 amide bonds. The number of thiophene rings is 1. The highest BCUT2D eigenvalue weighted by Crippen LogP contribution is 2.39. The molecular formula is C28H32F4N4OS. The number of hydrogen-bond acceptors (Lipinski definition) is 4. The van der Waals surface area contributed by atoms with Crippen molar-refractivity contribution in [3.05, 3.63) is 52.7 Å². The second-order valence-corrected chi connectivity index (χ2v) is 11.7. The summed E-state index contributed by atoms with van der Waals surface area (Å²) in [6, 6.07) is 6.39. The van der Waals surface area contributed by atoms with Crippen LogP contribution in [0.5, 0.6) is 0 Å². The van der Waals surface area contributed by atoms with E-state index in [9.17, 15) is 22.4 Å². The van der Waals surface area contributed by atoms with Crippen molar-refractivity contribution >= 4 is 33.0 Å². The number of carbonyl (C=O) groups is 1. The summed E-state index contributed by atoms with van der Waals surface area (Å²) in [5.74, 6) is 5.35. The highest BCUT2D eigenvalue weighted by Gasteiger charge is 2.32. The lowest BCUT2D eigenvalue weighted by atomic mass is 10.0. The van der Waals surface area contributed by atoms with Crippen molar-refractivity contribution in [3.8, 4) is 11.8 Å². The molecular weight excluding hydrogens is 516 g/mol. The molecule has 3 heterocycles. The number of carbonyl (C=O) groups excluding carboxylic acids is 1. The third-order valence-corrected chi connectivity index (χ3v) is 7.75. The minimum Gasteiger partial charge on any atom is -0.378 e. The van der Waals surface area contributed by atoms with Crippen LogP contribution in [0.25, 0.3) is 10.1 Å². The average Bonchev–Trinajstić information content (AvgIpc) is 3.44. The van der Waals surface area contributed by atoms with Crippen molar-refractivity contribution in [2.45, 2.75) is 57.5 Å². The Labute approximate surface area is 224 Å². The summed E-state index contributed by atoms with van der Waals surface area (Å²) in [7, 11) is 1.86. The van der Waals surface area contributed by atoms with E-state index in [1.165, 1.54) is 0 Å². The van der Waals surface area contributed by atoms with Crippen LogP contribution in [-0.2, 0) is 12.0 Å². The van der Waals surface area contributed by atoms with Gasteiger partial charge in [0, 0.05) is 31.0 Å². The summed E-state index contributed by atoms with van der Waals surface area (Å²) in [4.78, 5) is 14.7. The van der Waals surface area contributed by atoms with Gasteiger partial charge >= 0.3 is 6.18 Å². The normalized spacial score (nSPS) is 18.7. The number of fused-ring (bicyclic) bond motifs is 1. The number of aromatic nitrogens is 1. The fourth-order valence-corrected chi connectivity index (χ4v) is 5.65. The molecule has 3 aromatic rings. The van der Waals surface area contributed by atoms with Crippen LogP contribution in [0.1, 0.15) is 48.0 Å². The van der Waals surface area contributed by atoms with Gasteiger partial charge in [0.1, 0.15) is 6.17 Å². The molecule has 1 aromatic carbocycles. The number of benzene rings is 1. The van der Waals surface area contributed by atoms with Gasteiger partial charge in [-0.15, -0.1) is 11.3 Å². The summed E-state index contributed by atoms with van der Waals surface area (Å²) in [6.07, 6.45) is -2.45. The van der Waals surface area contributed by atoms with Crippen molar-refractivity contribution in [3.63, 3.8) is 0 Å². The third-order valence-electron chi connectivity index (χ3n) is 6.55. The van der Waals surface area contributed by atoms with E-state index in [2.05, 4.69) is 22.5 Å². The lowest BCUT2D eigenvalue weighted by Gasteiger charge is -2.33. The number of amides is 1. The molecule has 2 unspecified atom stereocenters. The van der Waals surface area contributed by atoms with Crippen molar-refractivity contribution < 1.29 is 22.4 Å². The molecule has 5 nitrogen and oxygen atoms in total. The van der Waals surface area contributed by atoms with Crippen LogP contribution >= 0.6 is 11.3 Å². The first-order chi connectivity index (χ1) is 17.8. The number of anilines is 1. The Hall–Kier alpha value is -3.03. The molecule has 0 aliphatic carbocycles. The average molecular weight is 549 g/mol. The molecule has 4 rings (SSSR count). The molecule has 0 spiro atoms. The summed E-state index contributed by atoms with van der Waals surface area (Å²) in [5, 5.41) is 6.39. The van der Waals surface area contributed by atoms with Gasteiger partial charge in [0.2, 0.25) is 0 Å². The fourth-order valence-electron chi connectivity index (χ4n) is 4.48. The Bertz CT molecular complexity index is 1360. The monoisotopic (exact) mass is 548 g/mol. The number of halogens is 4. The van der Waals surface area contributed by atoms with E-state index in [1.54, 1.807) is 30.5 Å². The topological polar surface area (TPSA) is 49.3 Å². The maximum atomic E-state index is 14.6. The molecule has 1 saturated heterocycles. The standard InChI is InChI=1S/C28H32F4N4OS/c1-27(2,3)36-14-10-18(16-36)26(37)33-12-6-9-24-20(15-28(30,31)32)19-7-5-8-23(25(19)38-24)34-22-11-13-35(4)17-21(22)29/h5,7-8,10,14,16,21-22,34H,11-13,15,17H2,1-4H3,(H,33,37). The van der Waals surface area contributed by atoms with E-state index in [0.29, 0.717) is 39.2 Å².